The molecule has 5 rings (SSSR count). The third-order valence-electron chi connectivity index (χ3n) is 5.72. The molecule has 0 aromatic heterocycles. The Labute approximate surface area is 164 Å². The van der Waals surface area contributed by atoms with Gasteiger partial charge in [-0.3, -0.25) is 9.69 Å². The molecule has 0 saturated carbocycles. The van der Waals surface area contributed by atoms with Crippen LogP contribution in [-0.2, 0) is 16.0 Å². The highest BCUT2D eigenvalue weighted by atomic mass is 16.5. The number of esters is 1. The van der Waals surface area contributed by atoms with E-state index in [1.807, 2.05) is 12.1 Å². The van der Waals surface area contributed by atoms with E-state index in [1.165, 1.54) is 27.3 Å². The maximum Gasteiger partial charge on any atom is 0.312 e. The minimum Gasteiger partial charge on any atom is -0.426 e. The molecule has 1 fully saturated rings. The summed E-state index contributed by atoms with van der Waals surface area (Å²) in [6.45, 7) is 3.98. The molecule has 1 aliphatic carbocycles. The van der Waals surface area contributed by atoms with Crippen LogP contribution < -0.4 is 4.74 Å². The second kappa shape index (κ2) is 7.38. The van der Waals surface area contributed by atoms with Gasteiger partial charge in [0, 0.05) is 19.6 Å². The van der Waals surface area contributed by atoms with Gasteiger partial charge in [0.25, 0.3) is 0 Å². The van der Waals surface area contributed by atoms with E-state index < -0.39 is 0 Å². The van der Waals surface area contributed by atoms with E-state index in [-0.39, 0.29) is 5.97 Å². The molecule has 1 aliphatic heterocycles. The smallest absolute Gasteiger partial charge is 0.312 e. The highest BCUT2D eigenvalue weighted by Gasteiger charge is 2.14. The molecule has 0 N–H and O–H groups in total. The van der Waals surface area contributed by atoms with Crippen LogP contribution in [0.1, 0.15) is 17.5 Å². The van der Waals surface area contributed by atoms with Crippen LogP contribution >= 0.6 is 0 Å². The summed E-state index contributed by atoms with van der Waals surface area (Å²) in [5, 5.41) is 4.85. The number of allylic oxidation sites excluding steroid dienone is 1. The predicted octanol–water partition coefficient (Wildman–Crippen LogP) is 4.19. The lowest BCUT2D eigenvalue weighted by Gasteiger charge is -2.25. The number of rotatable bonds is 4. The minimum absolute atomic E-state index is 0.185. The predicted molar refractivity (Wildman–Crippen MR) is 112 cm³/mol. The number of benzene rings is 3. The van der Waals surface area contributed by atoms with E-state index in [2.05, 4.69) is 47.4 Å². The van der Waals surface area contributed by atoms with Gasteiger partial charge in [-0.2, -0.15) is 0 Å². The second-order valence-electron chi connectivity index (χ2n) is 7.46. The molecule has 142 valence electrons. The van der Waals surface area contributed by atoms with Crippen molar-refractivity contribution in [2.75, 3.05) is 32.8 Å². The molecule has 0 atom stereocenters. The molecule has 4 heteroatoms. The quantitative estimate of drug-likeness (QED) is 0.391. The maximum absolute atomic E-state index is 12.2. The third-order valence-corrected chi connectivity index (χ3v) is 5.72. The average Bonchev–Trinajstić information content (AvgIpc) is 3.22. The molecule has 0 amide bonds. The summed E-state index contributed by atoms with van der Waals surface area (Å²) in [4.78, 5) is 14.5. The van der Waals surface area contributed by atoms with Crippen LogP contribution in [0.25, 0.3) is 27.6 Å². The van der Waals surface area contributed by atoms with Crippen LogP contribution in [0.2, 0.25) is 0 Å². The fraction of sp³-hybridized carbons (Fsp3) is 0.292. The molecule has 4 nitrogen and oxygen atoms in total. The number of morpholine rings is 1. The Balaban J connectivity index is 1.34. The average molecular weight is 373 g/mol. The van der Waals surface area contributed by atoms with E-state index in [0.717, 1.165) is 44.7 Å². The van der Waals surface area contributed by atoms with Crippen LogP contribution in [-0.4, -0.2) is 43.7 Å². The molecule has 2 aliphatic rings. The van der Waals surface area contributed by atoms with E-state index in [9.17, 15) is 4.79 Å². The van der Waals surface area contributed by atoms with Gasteiger partial charge in [-0.15, -0.1) is 0 Å². The van der Waals surface area contributed by atoms with Gasteiger partial charge in [0.2, 0.25) is 0 Å². The maximum atomic E-state index is 12.2. The zero-order valence-corrected chi connectivity index (χ0v) is 15.8. The Kier molecular flexibility index (Phi) is 4.59. The summed E-state index contributed by atoms with van der Waals surface area (Å²) in [6.07, 6.45) is 5.80. The summed E-state index contributed by atoms with van der Waals surface area (Å²) >= 11 is 0. The summed E-state index contributed by atoms with van der Waals surface area (Å²) in [5.41, 5.74) is 2.72. The van der Waals surface area contributed by atoms with Gasteiger partial charge < -0.3 is 9.47 Å². The number of carbonyl (C=O) groups excluding carboxylic acids is 1. The fourth-order valence-electron chi connectivity index (χ4n) is 4.21. The van der Waals surface area contributed by atoms with Gasteiger partial charge >= 0.3 is 5.97 Å². The Morgan fingerprint density at radius 3 is 2.71 bits per heavy atom. The molecule has 0 unspecified atom stereocenters. The van der Waals surface area contributed by atoms with Crippen molar-refractivity contribution in [3.8, 4) is 5.75 Å². The number of nitrogens with zero attached hydrogens (tertiary/aromatic N) is 1. The van der Waals surface area contributed by atoms with Gasteiger partial charge in [0.1, 0.15) is 5.75 Å². The second-order valence-corrected chi connectivity index (χ2v) is 7.46. The number of fused-ring (bicyclic) bond motifs is 5. The Hall–Kier alpha value is -2.69. The number of hydrogen-bond acceptors (Lipinski definition) is 4. The zero-order chi connectivity index (χ0) is 18.9. The molecule has 3 aromatic carbocycles. The first kappa shape index (κ1) is 17.4. The summed E-state index contributed by atoms with van der Waals surface area (Å²) in [5.74, 6) is 0.428. The van der Waals surface area contributed by atoms with Crippen molar-refractivity contribution in [2.24, 2.45) is 0 Å². The van der Waals surface area contributed by atoms with Crippen LogP contribution in [0.15, 0.2) is 48.5 Å². The van der Waals surface area contributed by atoms with Gasteiger partial charge in [-0.05, 0) is 51.2 Å². The summed E-state index contributed by atoms with van der Waals surface area (Å²) < 4.78 is 10.9. The van der Waals surface area contributed by atoms with E-state index in [0.29, 0.717) is 12.2 Å². The molecule has 1 heterocycles. The van der Waals surface area contributed by atoms with Gasteiger partial charge in [-0.25, -0.2) is 0 Å². The Bertz CT molecular complexity index is 1080. The molecule has 28 heavy (non-hydrogen) atoms. The van der Waals surface area contributed by atoms with Crippen molar-refractivity contribution < 1.29 is 14.3 Å². The fourth-order valence-corrected chi connectivity index (χ4v) is 4.21. The lowest BCUT2D eigenvalue weighted by molar-refractivity contribution is -0.135. The van der Waals surface area contributed by atoms with Crippen LogP contribution in [0.4, 0.5) is 0 Å². The van der Waals surface area contributed by atoms with E-state index in [1.54, 1.807) is 0 Å². The standard InChI is InChI=1S/C24H23NO3/c26-24(10-11-25-12-14-27-15-13-25)28-19-6-9-21-18(16-19)5-8-22-20-3-1-2-17(20)4-7-23(21)22/h1-2,4-9,16H,3,10-15H2. The number of carbonyl (C=O) groups is 1. The molecular weight excluding hydrogens is 350 g/mol. The molecule has 0 radical (unpaired) electrons. The molecule has 1 saturated heterocycles. The highest BCUT2D eigenvalue weighted by molar-refractivity contribution is 6.09. The summed E-state index contributed by atoms with van der Waals surface area (Å²) in [7, 11) is 0. The highest BCUT2D eigenvalue weighted by Crippen LogP contribution is 2.34. The largest absolute Gasteiger partial charge is 0.426 e. The van der Waals surface area contributed by atoms with Crippen LogP contribution in [0.5, 0.6) is 5.75 Å². The molecule has 0 spiro atoms. The van der Waals surface area contributed by atoms with Crippen LogP contribution in [0.3, 0.4) is 0 Å². The van der Waals surface area contributed by atoms with Crippen molar-refractivity contribution in [2.45, 2.75) is 12.8 Å². The number of ether oxygens (including phenoxy) is 2. The lowest BCUT2D eigenvalue weighted by Crippen LogP contribution is -2.37. The first-order valence-electron chi connectivity index (χ1n) is 9.94. The Morgan fingerprint density at radius 2 is 1.82 bits per heavy atom. The van der Waals surface area contributed by atoms with Gasteiger partial charge in [-0.1, -0.05) is 42.5 Å². The van der Waals surface area contributed by atoms with Gasteiger partial charge in [0.05, 0.1) is 19.6 Å². The third kappa shape index (κ3) is 3.30. The van der Waals surface area contributed by atoms with Crippen molar-refractivity contribution in [3.05, 3.63) is 59.7 Å². The monoisotopic (exact) mass is 373 g/mol. The first-order valence-corrected chi connectivity index (χ1v) is 9.94. The molecule has 3 aromatic rings. The van der Waals surface area contributed by atoms with Crippen LogP contribution in [0, 0.1) is 0 Å². The minimum atomic E-state index is -0.185. The Morgan fingerprint density at radius 1 is 1.00 bits per heavy atom. The summed E-state index contributed by atoms with van der Waals surface area (Å²) in [6, 6.07) is 14.6. The zero-order valence-electron chi connectivity index (χ0n) is 15.8. The topological polar surface area (TPSA) is 38.8 Å². The van der Waals surface area contributed by atoms with Crippen molar-refractivity contribution in [1.29, 1.82) is 0 Å². The van der Waals surface area contributed by atoms with E-state index >= 15 is 0 Å². The van der Waals surface area contributed by atoms with E-state index in [4.69, 9.17) is 9.47 Å². The van der Waals surface area contributed by atoms with Crippen molar-refractivity contribution in [3.63, 3.8) is 0 Å². The lowest BCUT2D eigenvalue weighted by atomic mass is 9.96. The molecular formula is C24H23NO3. The van der Waals surface area contributed by atoms with Crippen molar-refractivity contribution in [1.82, 2.24) is 4.90 Å². The van der Waals surface area contributed by atoms with Crippen molar-refractivity contribution >= 4 is 33.6 Å². The first-order chi connectivity index (χ1) is 13.8. The SMILES string of the molecule is O=C(CCN1CCOCC1)Oc1ccc2c(ccc3c4c(ccc32)C=CC4)c1. The molecule has 0 bridgehead atoms. The van der Waals surface area contributed by atoms with Gasteiger partial charge in [0.15, 0.2) is 0 Å². The number of hydrogen-bond donors (Lipinski definition) is 0. The normalized spacial score (nSPS) is 16.6.